The minimum atomic E-state index is -4.44. The van der Waals surface area contributed by atoms with Crippen LogP contribution < -0.4 is 51.4 Å². The van der Waals surface area contributed by atoms with Crippen LogP contribution in [0.3, 0.4) is 0 Å². The Bertz CT molecular complexity index is 260. The normalized spacial score (nSPS) is 13.1. The van der Waals surface area contributed by atoms with Crippen molar-refractivity contribution in [1.82, 2.24) is 0 Å². The Balaban J connectivity index is 0. The van der Waals surface area contributed by atoms with Crippen molar-refractivity contribution in [3.8, 4) is 0 Å². The van der Waals surface area contributed by atoms with Gasteiger partial charge in [-0.2, -0.15) is 0 Å². The topological polar surface area (TPSA) is 57.2 Å². The molecule has 0 aromatic carbocycles. The second-order valence-corrected chi connectivity index (χ2v) is 5.37. The van der Waals surface area contributed by atoms with Gasteiger partial charge in [0.1, 0.15) is 6.17 Å². The summed E-state index contributed by atoms with van der Waals surface area (Å²) in [5, 5.41) is 0. The number of alkyl halides is 2. The van der Waals surface area contributed by atoms with Gasteiger partial charge in [0.05, 0.1) is 22.5 Å². The van der Waals surface area contributed by atoms with Gasteiger partial charge in [0.25, 0.3) is 0 Å². The summed E-state index contributed by atoms with van der Waals surface area (Å²) >= 11 is 0. The van der Waals surface area contributed by atoms with Crippen molar-refractivity contribution in [2.24, 2.45) is 0 Å². The van der Waals surface area contributed by atoms with Crippen LogP contribution in [0.4, 0.5) is 8.78 Å². The maximum Gasteiger partial charge on any atom is 1.00 e. The van der Waals surface area contributed by atoms with Gasteiger partial charge in [-0.25, -0.2) is 12.8 Å². The SMILES string of the molecule is O=S(=O)([O-])CC(F)CCCCCCCCF.[K+]. The van der Waals surface area contributed by atoms with Gasteiger partial charge in [-0.05, 0) is 12.8 Å². The zero-order valence-electron chi connectivity index (χ0n) is 10.3. The largest absolute Gasteiger partial charge is 1.00 e. The molecule has 0 fully saturated rings. The van der Waals surface area contributed by atoms with Crippen molar-refractivity contribution in [1.29, 1.82) is 0 Å². The Morgan fingerprint density at radius 3 is 1.94 bits per heavy atom. The number of unbranched alkanes of at least 4 members (excludes halogenated alkanes) is 5. The Labute approximate surface area is 145 Å². The summed E-state index contributed by atoms with van der Waals surface area (Å²) in [7, 11) is -4.44. The standard InChI is InChI=1S/C10H20F2O3S.K/c11-8-6-4-2-1-3-5-7-10(12)9-16(13,14)15;/h10H,1-9H2,(H,13,14,15);/q;+1/p-1. The van der Waals surface area contributed by atoms with E-state index in [0.29, 0.717) is 12.8 Å². The van der Waals surface area contributed by atoms with Crippen LogP contribution in [0.2, 0.25) is 0 Å². The summed E-state index contributed by atoms with van der Waals surface area (Å²) in [5.41, 5.74) is 0. The molecule has 0 saturated heterocycles. The maximum absolute atomic E-state index is 12.9. The molecule has 1 atom stereocenters. The van der Waals surface area contributed by atoms with E-state index < -0.39 is 22.0 Å². The second kappa shape index (κ2) is 12.4. The second-order valence-electron chi connectivity index (χ2n) is 3.92. The number of hydrogen-bond donors (Lipinski definition) is 0. The van der Waals surface area contributed by atoms with Crippen molar-refractivity contribution >= 4 is 10.1 Å². The Kier molecular flexibility index (Phi) is 15.2. The molecule has 17 heavy (non-hydrogen) atoms. The Morgan fingerprint density at radius 1 is 1.00 bits per heavy atom. The van der Waals surface area contributed by atoms with E-state index in [9.17, 15) is 21.8 Å². The van der Waals surface area contributed by atoms with Crippen LogP contribution in [0.15, 0.2) is 0 Å². The van der Waals surface area contributed by atoms with E-state index in [4.69, 9.17) is 0 Å². The third-order valence-electron chi connectivity index (χ3n) is 2.29. The molecule has 3 nitrogen and oxygen atoms in total. The summed E-state index contributed by atoms with van der Waals surface area (Å²) in [6, 6.07) is 0. The molecule has 98 valence electrons. The molecule has 0 aliphatic heterocycles. The molecule has 0 spiro atoms. The van der Waals surface area contributed by atoms with Crippen LogP contribution in [0.1, 0.15) is 44.9 Å². The van der Waals surface area contributed by atoms with E-state index in [2.05, 4.69) is 0 Å². The first-order chi connectivity index (χ1) is 7.45. The molecule has 0 saturated carbocycles. The third kappa shape index (κ3) is 17.4. The molecule has 0 aromatic rings. The molecule has 0 aliphatic carbocycles. The number of rotatable bonds is 10. The Morgan fingerprint density at radius 2 is 1.47 bits per heavy atom. The first kappa shape index (κ1) is 20.7. The van der Waals surface area contributed by atoms with Gasteiger partial charge >= 0.3 is 51.4 Å². The predicted octanol–water partition coefficient (Wildman–Crippen LogP) is -0.426. The molecular formula is C10H19F2KO3S. The van der Waals surface area contributed by atoms with Crippen molar-refractivity contribution in [2.45, 2.75) is 51.1 Å². The van der Waals surface area contributed by atoms with E-state index in [0.717, 1.165) is 25.7 Å². The molecule has 0 aromatic heterocycles. The summed E-state index contributed by atoms with van der Waals surface area (Å²) in [5.74, 6) is -0.922. The van der Waals surface area contributed by atoms with Gasteiger partial charge < -0.3 is 4.55 Å². The minimum absolute atomic E-state index is 0. The van der Waals surface area contributed by atoms with Gasteiger partial charge in [-0.1, -0.05) is 32.1 Å². The number of hydrogen-bond acceptors (Lipinski definition) is 3. The first-order valence-corrected chi connectivity index (χ1v) is 7.17. The Hall–Kier alpha value is 1.41. The zero-order chi connectivity index (χ0) is 12.4. The molecule has 0 rings (SSSR count). The van der Waals surface area contributed by atoms with Crippen LogP contribution in [0.5, 0.6) is 0 Å². The van der Waals surface area contributed by atoms with Crippen LogP contribution in [0.25, 0.3) is 0 Å². The van der Waals surface area contributed by atoms with Gasteiger partial charge in [-0.15, -0.1) is 0 Å². The van der Waals surface area contributed by atoms with Gasteiger partial charge in [0, 0.05) is 0 Å². The molecule has 0 radical (unpaired) electrons. The minimum Gasteiger partial charge on any atom is -0.748 e. The van der Waals surface area contributed by atoms with E-state index in [1.807, 2.05) is 0 Å². The summed E-state index contributed by atoms with van der Waals surface area (Å²) in [4.78, 5) is 0. The quantitative estimate of drug-likeness (QED) is 0.312. The van der Waals surface area contributed by atoms with E-state index in [1.165, 1.54) is 0 Å². The average molecular weight is 296 g/mol. The summed E-state index contributed by atoms with van der Waals surface area (Å²) in [6.45, 7) is -0.298. The molecule has 0 aliphatic rings. The molecule has 0 amide bonds. The number of halogens is 2. The summed E-state index contributed by atoms with van der Waals surface area (Å²) in [6.07, 6.45) is 3.17. The fourth-order valence-corrected chi connectivity index (χ4v) is 2.08. The third-order valence-corrected chi connectivity index (χ3v) is 3.06. The molecule has 7 heteroatoms. The fraction of sp³-hybridized carbons (Fsp3) is 1.00. The van der Waals surface area contributed by atoms with Crippen LogP contribution in [-0.2, 0) is 10.1 Å². The molecule has 0 N–H and O–H groups in total. The summed E-state index contributed by atoms with van der Waals surface area (Å²) < 4.78 is 55.2. The van der Waals surface area contributed by atoms with Gasteiger partial charge in [0.2, 0.25) is 0 Å². The van der Waals surface area contributed by atoms with Gasteiger partial charge in [-0.3, -0.25) is 4.39 Å². The molecule has 0 bridgehead atoms. The van der Waals surface area contributed by atoms with Crippen LogP contribution >= 0.6 is 0 Å². The zero-order valence-corrected chi connectivity index (χ0v) is 14.3. The van der Waals surface area contributed by atoms with Crippen LogP contribution in [-0.4, -0.2) is 31.6 Å². The van der Waals surface area contributed by atoms with Crippen molar-refractivity contribution in [3.63, 3.8) is 0 Å². The maximum atomic E-state index is 12.9. The fourth-order valence-electron chi connectivity index (χ4n) is 1.47. The van der Waals surface area contributed by atoms with Crippen molar-refractivity contribution in [3.05, 3.63) is 0 Å². The van der Waals surface area contributed by atoms with E-state index >= 15 is 0 Å². The van der Waals surface area contributed by atoms with Gasteiger partial charge in [0.15, 0.2) is 0 Å². The molecular weight excluding hydrogens is 277 g/mol. The molecule has 0 heterocycles. The van der Waals surface area contributed by atoms with Crippen LogP contribution in [0, 0.1) is 0 Å². The average Bonchev–Trinajstić information content (AvgIpc) is 2.13. The first-order valence-electron chi connectivity index (χ1n) is 5.59. The monoisotopic (exact) mass is 296 g/mol. The van der Waals surface area contributed by atoms with E-state index in [1.54, 1.807) is 0 Å². The van der Waals surface area contributed by atoms with Crippen molar-refractivity contribution < 1.29 is 73.1 Å². The van der Waals surface area contributed by atoms with E-state index in [-0.39, 0.29) is 64.5 Å². The molecule has 1 unspecified atom stereocenters. The van der Waals surface area contributed by atoms with Crippen molar-refractivity contribution in [2.75, 3.05) is 12.4 Å². The smallest absolute Gasteiger partial charge is 0.748 e. The predicted molar refractivity (Wildman–Crippen MR) is 57.8 cm³/mol.